The Labute approximate surface area is 246 Å². The number of carbonyl (C=O) groups is 1. The zero-order valence-corrected chi connectivity index (χ0v) is 24.4. The fourth-order valence-corrected chi connectivity index (χ4v) is 6.95. The van der Waals surface area contributed by atoms with Gasteiger partial charge in [-0.2, -0.15) is 15.2 Å². The minimum absolute atomic E-state index is 0.124. The van der Waals surface area contributed by atoms with Gasteiger partial charge in [-0.15, -0.1) is 0 Å². The van der Waals surface area contributed by atoms with Gasteiger partial charge in [0.1, 0.15) is 12.4 Å². The fraction of sp³-hybridized carbons (Fsp3) is 0.500. The quantitative estimate of drug-likeness (QED) is 0.428. The summed E-state index contributed by atoms with van der Waals surface area (Å²) in [6.07, 6.45) is 2.89. The number of nitriles is 1. The molecule has 4 heterocycles. The van der Waals surface area contributed by atoms with Gasteiger partial charge >= 0.3 is 12.1 Å². The third-order valence-electron chi connectivity index (χ3n) is 9.23. The SMILES string of the molecule is Cc1cccc2cccc(N3CCc4c(nc(OCC5CCCN5C)nc4N4CC[C@@H](NC(=O)O)[C@@H](CC#N)C4)C3)c12. The smallest absolute Gasteiger partial charge is 0.404 e. The Hall–Kier alpha value is -4.10. The van der Waals surface area contributed by atoms with Gasteiger partial charge in [0.2, 0.25) is 0 Å². The van der Waals surface area contributed by atoms with Crippen LogP contribution >= 0.6 is 0 Å². The number of ether oxygens (including phenoxy) is 1. The highest BCUT2D eigenvalue weighted by Gasteiger charge is 2.34. The number of anilines is 2. The first-order chi connectivity index (χ1) is 20.4. The zero-order chi connectivity index (χ0) is 29.2. The van der Waals surface area contributed by atoms with E-state index in [0.717, 1.165) is 43.0 Å². The second-order valence-electron chi connectivity index (χ2n) is 11.9. The van der Waals surface area contributed by atoms with E-state index >= 15 is 0 Å². The zero-order valence-electron chi connectivity index (χ0n) is 24.4. The van der Waals surface area contributed by atoms with Crippen LogP contribution in [0.25, 0.3) is 10.8 Å². The van der Waals surface area contributed by atoms with E-state index in [-0.39, 0.29) is 18.4 Å². The van der Waals surface area contributed by atoms with Crippen molar-refractivity contribution in [3.63, 3.8) is 0 Å². The van der Waals surface area contributed by atoms with Gasteiger partial charge in [-0.05, 0) is 63.2 Å². The Kier molecular flexibility index (Phi) is 8.02. The fourth-order valence-electron chi connectivity index (χ4n) is 6.95. The Balaban J connectivity index is 1.33. The average Bonchev–Trinajstić information content (AvgIpc) is 3.40. The molecule has 0 spiro atoms. The van der Waals surface area contributed by atoms with Crippen molar-refractivity contribution in [2.45, 2.75) is 57.7 Å². The highest BCUT2D eigenvalue weighted by molar-refractivity contribution is 5.97. The van der Waals surface area contributed by atoms with Crippen LogP contribution in [0.4, 0.5) is 16.3 Å². The molecule has 3 atom stereocenters. The van der Waals surface area contributed by atoms with Crippen molar-refractivity contribution in [2.75, 3.05) is 49.6 Å². The normalized spacial score (nSPS) is 22.5. The lowest BCUT2D eigenvalue weighted by molar-refractivity contribution is 0.180. The van der Waals surface area contributed by atoms with Gasteiger partial charge in [-0.3, -0.25) is 0 Å². The van der Waals surface area contributed by atoms with Crippen molar-refractivity contribution in [1.82, 2.24) is 20.2 Å². The molecule has 0 bridgehead atoms. The number of piperidine rings is 1. The van der Waals surface area contributed by atoms with Crippen LogP contribution in [0.5, 0.6) is 6.01 Å². The highest BCUT2D eigenvalue weighted by Crippen LogP contribution is 2.36. The maximum atomic E-state index is 11.4. The summed E-state index contributed by atoms with van der Waals surface area (Å²) in [7, 11) is 2.13. The van der Waals surface area contributed by atoms with Gasteiger partial charge in [0.15, 0.2) is 0 Å². The summed E-state index contributed by atoms with van der Waals surface area (Å²) < 4.78 is 6.28. The molecule has 1 amide bonds. The molecule has 220 valence electrons. The molecule has 3 aromatic rings. The summed E-state index contributed by atoms with van der Waals surface area (Å²) >= 11 is 0. The minimum Gasteiger partial charge on any atom is -0.465 e. The van der Waals surface area contributed by atoms with Crippen molar-refractivity contribution < 1.29 is 14.6 Å². The van der Waals surface area contributed by atoms with E-state index in [1.54, 1.807) is 0 Å². The summed E-state index contributed by atoms with van der Waals surface area (Å²) in [5.74, 6) is 0.737. The Morgan fingerprint density at radius 1 is 1.14 bits per heavy atom. The van der Waals surface area contributed by atoms with E-state index in [0.29, 0.717) is 44.7 Å². The van der Waals surface area contributed by atoms with Crippen molar-refractivity contribution in [1.29, 1.82) is 5.26 Å². The lowest BCUT2D eigenvalue weighted by atomic mass is 9.89. The van der Waals surface area contributed by atoms with E-state index in [9.17, 15) is 15.2 Å². The molecule has 3 aliphatic heterocycles. The number of likely N-dealkylation sites (N-methyl/N-ethyl adjacent to an activating group) is 1. The first kappa shape index (κ1) is 28.0. The van der Waals surface area contributed by atoms with Crippen LogP contribution < -0.4 is 19.9 Å². The van der Waals surface area contributed by atoms with Crippen LogP contribution in [-0.4, -0.2) is 78.0 Å². The molecule has 1 aromatic heterocycles. The predicted octanol–water partition coefficient (Wildman–Crippen LogP) is 4.35. The molecule has 0 radical (unpaired) electrons. The van der Waals surface area contributed by atoms with Crippen molar-refractivity contribution >= 4 is 28.4 Å². The molecule has 3 aliphatic rings. The maximum absolute atomic E-state index is 11.4. The van der Waals surface area contributed by atoms with E-state index < -0.39 is 6.09 Å². The first-order valence-electron chi connectivity index (χ1n) is 15.0. The number of hydrogen-bond donors (Lipinski definition) is 2. The van der Waals surface area contributed by atoms with Crippen LogP contribution in [0, 0.1) is 24.2 Å². The van der Waals surface area contributed by atoms with Gasteiger partial charge in [-0.25, -0.2) is 4.79 Å². The number of aryl methyl sites for hydroxylation is 1. The molecule has 2 saturated heterocycles. The molecule has 2 aromatic carbocycles. The number of aromatic nitrogens is 2. The van der Waals surface area contributed by atoms with E-state index in [1.807, 2.05) is 0 Å². The monoisotopic (exact) mass is 569 g/mol. The Bertz CT molecular complexity index is 1500. The number of hydrogen-bond acceptors (Lipinski definition) is 8. The van der Waals surface area contributed by atoms with Gasteiger partial charge in [-0.1, -0.05) is 30.3 Å². The van der Waals surface area contributed by atoms with Gasteiger partial charge in [0.25, 0.3) is 0 Å². The van der Waals surface area contributed by atoms with Gasteiger partial charge in [0, 0.05) is 60.7 Å². The number of rotatable bonds is 7. The third-order valence-corrected chi connectivity index (χ3v) is 9.23. The summed E-state index contributed by atoms with van der Waals surface area (Å²) in [4.78, 5) is 28.3. The highest BCUT2D eigenvalue weighted by atomic mass is 16.5. The molecule has 6 rings (SSSR count). The summed E-state index contributed by atoms with van der Waals surface area (Å²) in [5, 5.41) is 24.0. The average molecular weight is 570 g/mol. The minimum atomic E-state index is -1.05. The van der Waals surface area contributed by atoms with E-state index in [4.69, 9.17) is 14.7 Å². The molecule has 2 fully saturated rings. The predicted molar refractivity (Wildman–Crippen MR) is 162 cm³/mol. The number of carboxylic acid groups (broad SMARTS) is 1. The number of benzene rings is 2. The molecular weight excluding hydrogens is 530 g/mol. The molecular formula is C32H39N7O3. The molecule has 2 N–H and O–H groups in total. The molecule has 1 unspecified atom stereocenters. The molecule has 42 heavy (non-hydrogen) atoms. The van der Waals surface area contributed by atoms with Crippen molar-refractivity contribution in [3.05, 3.63) is 53.2 Å². The van der Waals surface area contributed by atoms with E-state index in [1.165, 1.54) is 28.4 Å². The first-order valence-corrected chi connectivity index (χ1v) is 15.0. The number of nitrogens with one attached hydrogen (secondary N) is 1. The Morgan fingerprint density at radius 3 is 2.74 bits per heavy atom. The van der Waals surface area contributed by atoms with Crippen LogP contribution in [0.15, 0.2) is 36.4 Å². The van der Waals surface area contributed by atoms with Crippen molar-refractivity contribution in [3.8, 4) is 12.1 Å². The number of nitrogens with zero attached hydrogens (tertiary/aromatic N) is 6. The molecule has 10 heteroatoms. The second-order valence-corrected chi connectivity index (χ2v) is 11.9. The topological polar surface area (TPSA) is 118 Å². The van der Waals surface area contributed by atoms with Crippen LogP contribution in [0.2, 0.25) is 0 Å². The summed E-state index contributed by atoms with van der Waals surface area (Å²) in [6.45, 7) is 6.47. The molecule has 0 saturated carbocycles. The van der Waals surface area contributed by atoms with Crippen molar-refractivity contribution in [2.24, 2.45) is 5.92 Å². The lowest BCUT2D eigenvalue weighted by Gasteiger charge is -2.40. The number of amides is 1. The largest absolute Gasteiger partial charge is 0.465 e. The standard InChI is InChI=1S/C32H39N7O3/c1-21-6-3-7-22-8-4-10-28(29(21)22)38-16-12-25-27(19-38)34-31(42-20-24-9-5-15-37(24)2)36-30(25)39-17-13-26(35-32(40)41)23(18-39)11-14-33/h3-4,6-8,10,23-24,26,35H,5,9,11-13,15-20H2,1-2H3,(H,40,41)/t23-,24?,26+/m0/s1. The maximum Gasteiger partial charge on any atom is 0.404 e. The second kappa shape index (κ2) is 12.0. The van der Waals surface area contributed by atoms with E-state index in [2.05, 4.69) is 76.5 Å². The molecule has 0 aliphatic carbocycles. The van der Waals surface area contributed by atoms with Gasteiger partial charge in [0.05, 0.1) is 18.3 Å². The number of likely N-dealkylation sites (tertiary alicyclic amines) is 1. The summed E-state index contributed by atoms with van der Waals surface area (Å²) in [6, 6.07) is 15.7. The number of fused-ring (bicyclic) bond motifs is 2. The van der Waals surface area contributed by atoms with Gasteiger partial charge < -0.3 is 29.9 Å². The van der Waals surface area contributed by atoms with Crippen LogP contribution in [0.3, 0.4) is 0 Å². The third kappa shape index (κ3) is 5.66. The summed E-state index contributed by atoms with van der Waals surface area (Å²) in [5.41, 5.74) is 4.55. The van der Waals surface area contributed by atoms with Crippen LogP contribution in [-0.2, 0) is 13.0 Å². The Morgan fingerprint density at radius 2 is 1.98 bits per heavy atom. The molecule has 10 nitrogen and oxygen atoms in total. The van der Waals surface area contributed by atoms with Crippen LogP contribution in [0.1, 0.15) is 42.5 Å². The lowest BCUT2D eigenvalue weighted by Crippen LogP contribution is -2.51.